The molecule has 0 unspecified atom stereocenters. The third kappa shape index (κ3) is 0.775. The van der Waals surface area contributed by atoms with Crippen LogP contribution in [-0.4, -0.2) is 11.8 Å². The fourth-order valence-corrected chi connectivity index (χ4v) is 0.662. The van der Waals surface area contributed by atoms with Crippen LogP contribution in [0.25, 0.3) is 0 Å². The maximum Gasteiger partial charge on any atom is 0.401 e. The van der Waals surface area contributed by atoms with Crippen molar-refractivity contribution in [2.24, 2.45) is 0 Å². The van der Waals surface area contributed by atoms with Crippen LogP contribution in [0.5, 0.6) is 6.01 Å². The summed E-state index contributed by atoms with van der Waals surface area (Å²) in [5, 5.41) is 21.6. The Morgan fingerprint density at radius 3 is 2.27 bits per heavy atom. The van der Waals surface area contributed by atoms with Crippen molar-refractivity contribution >= 4 is 11.6 Å². The lowest BCUT2D eigenvalue weighted by Gasteiger charge is -2.06. The zero-order chi connectivity index (χ0) is 8.59. The zero-order valence-corrected chi connectivity index (χ0v) is 5.77. The third-order valence-electron chi connectivity index (χ3n) is 1.23. The molecule has 0 amide bonds. The highest BCUT2D eigenvalue weighted by Gasteiger charge is 2.16. The Kier molecular flexibility index (Phi) is 1.41. The average Bonchev–Trinajstić information content (AvgIpc) is 2.17. The first-order chi connectivity index (χ1) is 5.09. The van der Waals surface area contributed by atoms with Gasteiger partial charge in [-0.3, -0.25) is 0 Å². The van der Waals surface area contributed by atoms with Gasteiger partial charge in [0.1, 0.15) is 0 Å². The Morgan fingerprint density at radius 1 is 1.55 bits per heavy atom. The molecule has 0 aliphatic heterocycles. The van der Waals surface area contributed by atoms with Crippen LogP contribution in [-0.2, 0) is 0 Å². The van der Waals surface area contributed by atoms with Crippen LogP contribution in [0, 0.1) is 10.4 Å². The number of ether oxygens (including phenoxy) is 1. The molecule has 1 aromatic rings. The molecular weight excluding hydrogens is 152 g/mol. The first-order valence-corrected chi connectivity index (χ1v) is 2.70. The number of nitrogens with zero attached hydrogens (tertiary/aromatic N) is 2. The fourth-order valence-electron chi connectivity index (χ4n) is 0.662. The van der Waals surface area contributed by atoms with Gasteiger partial charge in [0.2, 0.25) is 5.82 Å². The maximum absolute atomic E-state index is 10.8. The van der Waals surface area contributed by atoms with E-state index in [2.05, 4.69) is 4.74 Å². The van der Waals surface area contributed by atoms with Crippen molar-refractivity contribution in [2.75, 3.05) is 18.6 Å². The summed E-state index contributed by atoms with van der Waals surface area (Å²) in [6.07, 6.45) is 0. The average molecular weight is 159 g/mol. The lowest BCUT2D eigenvalue weighted by atomic mass is 10.7. The number of nitrogens with two attached hydrogens (primary N) is 2. The van der Waals surface area contributed by atoms with Crippen molar-refractivity contribution < 1.29 is 9.47 Å². The minimum Gasteiger partial charge on any atom is -0.738 e. The highest BCUT2D eigenvalue weighted by molar-refractivity contribution is 5.51. The predicted octanol–water partition coefficient (Wildman–Crippen LogP) is -1.36. The molecule has 1 rings (SSSR count). The summed E-state index contributed by atoms with van der Waals surface area (Å²) < 4.78 is 4.67. The molecule has 0 aliphatic rings. The Balaban J connectivity index is 3.36. The summed E-state index contributed by atoms with van der Waals surface area (Å²) in [7, 11) is 1.18. The Labute approximate surface area is 61.9 Å². The molecule has 0 atom stereocenters. The van der Waals surface area contributed by atoms with E-state index in [0.29, 0.717) is 0 Å². The van der Waals surface area contributed by atoms with Gasteiger partial charge in [-0.25, -0.2) is 9.46 Å². The number of nitrogen functional groups attached to an aromatic ring is 2. The van der Waals surface area contributed by atoms with E-state index < -0.39 is 6.01 Å². The highest BCUT2D eigenvalue weighted by atomic mass is 16.6. The molecule has 0 aliphatic carbocycles. The summed E-state index contributed by atoms with van der Waals surface area (Å²) in [5.74, 6) is -0.700. The molecule has 0 fully saturated rings. The van der Waals surface area contributed by atoms with E-state index in [4.69, 9.17) is 11.5 Å². The van der Waals surface area contributed by atoms with Gasteiger partial charge >= 0.3 is 6.01 Å². The van der Waals surface area contributed by atoms with Gasteiger partial charge in [0.15, 0.2) is 0 Å². The first kappa shape index (κ1) is 7.32. The van der Waals surface area contributed by atoms with Crippen LogP contribution in [0.4, 0.5) is 11.6 Å². The minimum atomic E-state index is -0.472. The second-order valence-corrected chi connectivity index (χ2v) is 1.85. The van der Waals surface area contributed by atoms with Gasteiger partial charge in [-0.15, -0.1) is 0 Å². The monoisotopic (exact) mass is 159 g/mol. The molecule has 7 heteroatoms. The van der Waals surface area contributed by atoms with Crippen LogP contribution >= 0.6 is 0 Å². The van der Waals surface area contributed by atoms with E-state index >= 15 is 0 Å². The topological polar surface area (TPSA) is 116 Å². The number of hydrogen-bond donors (Lipinski definition) is 2. The number of aromatic nitrogens is 2. The molecular formula is C4H7N4O3-. The minimum absolute atomic E-state index is 0.127. The largest absolute Gasteiger partial charge is 0.738 e. The maximum atomic E-state index is 10.8. The molecule has 1 heterocycles. The quantitative estimate of drug-likeness (QED) is 0.387. The zero-order valence-electron chi connectivity index (χ0n) is 5.77. The molecule has 0 bridgehead atoms. The van der Waals surface area contributed by atoms with Gasteiger partial charge < -0.3 is 26.6 Å². The number of rotatable bonds is 1. The Morgan fingerprint density at radius 2 is 2.09 bits per heavy atom. The molecule has 7 nitrogen and oxygen atoms in total. The van der Waals surface area contributed by atoms with Gasteiger partial charge in [0.05, 0.1) is 7.11 Å². The van der Waals surface area contributed by atoms with E-state index in [-0.39, 0.29) is 21.1 Å². The van der Waals surface area contributed by atoms with Crippen molar-refractivity contribution in [1.82, 2.24) is 4.73 Å². The summed E-state index contributed by atoms with van der Waals surface area (Å²) in [6.45, 7) is 0. The molecule has 0 spiro atoms. The summed E-state index contributed by atoms with van der Waals surface area (Å²) >= 11 is 0. The van der Waals surface area contributed by atoms with Crippen LogP contribution < -0.4 is 20.9 Å². The van der Waals surface area contributed by atoms with Crippen molar-refractivity contribution in [3.05, 3.63) is 10.4 Å². The number of imidazole rings is 1. The van der Waals surface area contributed by atoms with Crippen molar-refractivity contribution in [3.63, 3.8) is 0 Å². The van der Waals surface area contributed by atoms with E-state index in [9.17, 15) is 10.4 Å². The van der Waals surface area contributed by atoms with Crippen LogP contribution in [0.15, 0.2) is 0 Å². The van der Waals surface area contributed by atoms with Crippen LogP contribution in [0.1, 0.15) is 0 Å². The van der Waals surface area contributed by atoms with E-state index in [1.54, 1.807) is 0 Å². The standard InChI is InChI=1S/C4H7N4O3/c1-11-4-7(9)2(5)3(6)8(4)10/h5-6H2,1H3/q-1. The summed E-state index contributed by atoms with van der Waals surface area (Å²) in [6, 6.07) is -0.472. The second kappa shape index (κ2) is 2.11. The fraction of sp³-hybridized carbons (Fsp3) is 0.250. The lowest BCUT2D eigenvalue weighted by molar-refractivity contribution is -0.596. The Hall–Kier alpha value is -1.79. The second-order valence-electron chi connectivity index (χ2n) is 1.85. The summed E-state index contributed by atoms with van der Waals surface area (Å²) in [4.78, 5) is 0. The number of hydrogen-bond acceptors (Lipinski definition) is 5. The van der Waals surface area contributed by atoms with Crippen molar-refractivity contribution in [2.45, 2.75) is 0 Å². The van der Waals surface area contributed by atoms with Gasteiger partial charge in [-0.05, 0) is 0 Å². The molecule has 0 saturated carbocycles. The summed E-state index contributed by atoms with van der Waals surface area (Å²) in [5.41, 5.74) is 10.2. The normalized spacial score (nSPS) is 9.91. The van der Waals surface area contributed by atoms with Crippen LogP contribution in [0.3, 0.4) is 0 Å². The first-order valence-electron chi connectivity index (χ1n) is 2.70. The number of anilines is 2. The van der Waals surface area contributed by atoms with Gasteiger partial charge in [0.25, 0.3) is 5.82 Å². The third-order valence-corrected chi connectivity index (χ3v) is 1.23. The van der Waals surface area contributed by atoms with E-state index in [0.717, 1.165) is 0 Å². The van der Waals surface area contributed by atoms with E-state index in [1.807, 2.05) is 0 Å². The molecule has 0 aromatic carbocycles. The SMILES string of the molecule is COc1n([O-])c(N)c(N)[n+]1[O-]. The molecule has 4 N–H and O–H groups in total. The van der Waals surface area contributed by atoms with Crippen molar-refractivity contribution in [3.8, 4) is 6.01 Å². The van der Waals surface area contributed by atoms with Gasteiger partial charge in [-0.2, -0.15) is 0 Å². The van der Waals surface area contributed by atoms with E-state index in [1.165, 1.54) is 7.11 Å². The highest BCUT2D eigenvalue weighted by Crippen LogP contribution is 2.16. The molecule has 11 heavy (non-hydrogen) atoms. The molecule has 1 aromatic heterocycles. The molecule has 0 radical (unpaired) electrons. The lowest BCUT2D eigenvalue weighted by Crippen LogP contribution is -2.30. The predicted molar refractivity (Wildman–Crippen MR) is 37.5 cm³/mol. The Bertz CT molecular complexity index is 256. The molecule has 0 saturated heterocycles. The number of methoxy groups -OCH3 is 1. The van der Waals surface area contributed by atoms with Crippen molar-refractivity contribution in [1.29, 1.82) is 0 Å². The van der Waals surface area contributed by atoms with Gasteiger partial charge in [-0.1, -0.05) is 0 Å². The van der Waals surface area contributed by atoms with Crippen LogP contribution in [0.2, 0.25) is 0 Å². The van der Waals surface area contributed by atoms with Gasteiger partial charge in [0, 0.05) is 0 Å². The smallest absolute Gasteiger partial charge is 0.401 e. The molecule has 62 valence electrons.